The number of hydrogen-bond acceptors (Lipinski definition) is 5. The minimum atomic E-state index is -3.75. The van der Waals surface area contributed by atoms with Gasteiger partial charge in [0.2, 0.25) is 20.0 Å². The number of sulfonamides is 2. The van der Waals surface area contributed by atoms with E-state index in [0.717, 1.165) is 44.0 Å². The van der Waals surface area contributed by atoms with Crippen molar-refractivity contribution in [3.05, 3.63) is 59.7 Å². The molecule has 2 aliphatic rings. The van der Waals surface area contributed by atoms with Gasteiger partial charge < -0.3 is 0 Å². The normalized spacial score (nSPS) is 18.7. The fourth-order valence-electron chi connectivity index (χ4n) is 3.86. The Morgan fingerprint density at radius 1 is 0.844 bits per heavy atom. The first-order chi connectivity index (χ1) is 15.2. The highest BCUT2D eigenvalue weighted by molar-refractivity contribution is 7.90. The van der Waals surface area contributed by atoms with E-state index < -0.39 is 20.0 Å². The minimum Gasteiger partial charge on any atom is -0.299 e. The fourth-order valence-corrected chi connectivity index (χ4v) is 6.19. The molecule has 1 saturated carbocycles. The first-order valence-electron chi connectivity index (χ1n) is 11.1. The maximum atomic E-state index is 12.7. The Labute approximate surface area is 191 Å². The fraction of sp³-hybridized carbons (Fsp3) is 0.478. The molecule has 1 aliphatic carbocycles. The molecule has 1 aliphatic heterocycles. The quantitative estimate of drug-likeness (QED) is 0.579. The summed E-state index contributed by atoms with van der Waals surface area (Å²) in [4.78, 5) is 2.56. The lowest BCUT2D eigenvalue weighted by atomic mass is 9.98. The molecule has 2 aromatic carbocycles. The van der Waals surface area contributed by atoms with Crippen molar-refractivity contribution >= 4 is 20.0 Å². The highest BCUT2D eigenvalue weighted by Gasteiger charge is 2.28. The summed E-state index contributed by atoms with van der Waals surface area (Å²) in [7, 11) is -7.36. The van der Waals surface area contributed by atoms with Gasteiger partial charge in [0.1, 0.15) is 0 Å². The van der Waals surface area contributed by atoms with Gasteiger partial charge in [0.05, 0.1) is 9.79 Å². The number of nitrogens with zero attached hydrogens (tertiary/aromatic N) is 1. The molecule has 0 bridgehead atoms. The van der Waals surface area contributed by atoms with Crippen LogP contribution in [0.5, 0.6) is 0 Å². The molecule has 4 rings (SSSR count). The Bertz CT molecular complexity index is 1140. The predicted octanol–water partition coefficient (Wildman–Crippen LogP) is 2.84. The van der Waals surface area contributed by atoms with Gasteiger partial charge in [-0.25, -0.2) is 26.3 Å². The van der Waals surface area contributed by atoms with E-state index in [1.54, 1.807) is 0 Å². The van der Waals surface area contributed by atoms with Crippen LogP contribution in [0.1, 0.15) is 43.7 Å². The number of likely N-dealkylation sites (tertiary alicyclic amines) is 1. The number of benzene rings is 2. The van der Waals surface area contributed by atoms with Gasteiger partial charge in [-0.05, 0) is 80.1 Å². The molecule has 0 radical (unpaired) electrons. The van der Waals surface area contributed by atoms with Crippen LogP contribution in [0.2, 0.25) is 0 Å². The van der Waals surface area contributed by atoms with Gasteiger partial charge in [-0.2, -0.15) is 0 Å². The van der Waals surface area contributed by atoms with Crippen LogP contribution in [-0.2, 0) is 33.1 Å². The molecule has 2 fully saturated rings. The number of nitrogens with one attached hydrogen (secondary N) is 2. The Kier molecular flexibility index (Phi) is 7.02. The maximum Gasteiger partial charge on any atom is 0.240 e. The maximum absolute atomic E-state index is 12.7. The number of rotatable bonds is 9. The highest BCUT2D eigenvalue weighted by Crippen LogP contribution is 2.23. The Morgan fingerprint density at radius 3 is 2.06 bits per heavy atom. The summed E-state index contributed by atoms with van der Waals surface area (Å²) in [6.07, 6.45) is 4.12. The van der Waals surface area contributed by atoms with Crippen molar-refractivity contribution in [2.45, 2.75) is 61.5 Å². The van der Waals surface area contributed by atoms with E-state index in [2.05, 4.69) is 27.3 Å². The zero-order valence-corrected chi connectivity index (χ0v) is 20.0. The summed E-state index contributed by atoms with van der Waals surface area (Å²) in [5.41, 5.74) is 2.07. The van der Waals surface area contributed by atoms with Crippen LogP contribution in [-0.4, -0.2) is 40.9 Å². The molecule has 2 N–H and O–H groups in total. The third-order valence-corrected chi connectivity index (χ3v) is 9.04. The Morgan fingerprint density at radius 2 is 1.44 bits per heavy atom. The molecule has 32 heavy (non-hydrogen) atoms. The topological polar surface area (TPSA) is 95.6 Å². The van der Waals surface area contributed by atoms with Crippen LogP contribution in [0.15, 0.2) is 58.3 Å². The van der Waals surface area contributed by atoms with Crippen LogP contribution in [0.3, 0.4) is 0 Å². The van der Waals surface area contributed by atoms with Crippen molar-refractivity contribution < 1.29 is 16.8 Å². The van der Waals surface area contributed by atoms with Gasteiger partial charge in [0.25, 0.3) is 0 Å². The molecule has 0 unspecified atom stereocenters. The lowest BCUT2D eigenvalue weighted by Gasteiger charge is -2.30. The van der Waals surface area contributed by atoms with Crippen molar-refractivity contribution in [3.63, 3.8) is 0 Å². The van der Waals surface area contributed by atoms with Gasteiger partial charge in [-0.1, -0.05) is 31.2 Å². The number of hydrogen-bond donors (Lipinski definition) is 2. The van der Waals surface area contributed by atoms with Crippen LogP contribution >= 0.6 is 0 Å². The van der Waals surface area contributed by atoms with E-state index in [4.69, 9.17) is 0 Å². The van der Waals surface area contributed by atoms with Gasteiger partial charge in [0.15, 0.2) is 0 Å². The molecule has 0 atom stereocenters. The molecule has 0 amide bonds. The smallest absolute Gasteiger partial charge is 0.240 e. The van der Waals surface area contributed by atoms with E-state index >= 15 is 0 Å². The molecule has 9 heteroatoms. The monoisotopic (exact) mass is 477 g/mol. The highest BCUT2D eigenvalue weighted by atomic mass is 32.2. The van der Waals surface area contributed by atoms with Crippen LogP contribution in [0.4, 0.5) is 0 Å². The molecule has 174 valence electrons. The largest absolute Gasteiger partial charge is 0.299 e. The predicted molar refractivity (Wildman–Crippen MR) is 124 cm³/mol. The van der Waals surface area contributed by atoms with Gasteiger partial charge in [-0.3, -0.25) is 4.90 Å². The summed E-state index contributed by atoms with van der Waals surface area (Å²) in [6.45, 7) is 5.54. The summed E-state index contributed by atoms with van der Waals surface area (Å²) < 4.78 is 55.1. The SMILES string of the molecule is CC1CCN(Cc2cccc(CNS(=O)(=O)c3ccc(S(=O)(=O)NC4CC4)cc3)c2)CC1. The Balaban J connectivity index is 1.36. The minimum absolute atomic E-state index is 0.000635. The third-order valence-electron chi connectivity index (χ3n) is 6.08. The molecule has 2 aromatic rings. The molecule has 0 aromatic heterocycles. The van der Waals surface area contributed by atoms with E-state index in [1.165, 1.54) is 42.7 Å². The van der Waals surface area contributed by atoms with Gasteiger partial charge in [-0.15, -0.1) is 0 Å². The first-order valence-corrected chi connectivity index (χ1v) is 14.1. The van der Waals surface area contributed by atoms with Crippen LogP contribution in [0.25, 0.3) is 0 Å². The first kappa shape index (κ1) is 23.4. The summed E-state index contributed by atoms with van der Waals surface area (Å²) in [5, 5.41) is 0. The second-order valence-electron chi connectivity index (χ2n) is 8.97. The average molecular weight is 478 g/mol. The lowest BCUT2D eigenvalue weighted by molar-refractivity contribution is 0.185. The van der Waals surface area contributed by atoms with Crippen molar-refractivity contribution in [3.8, 4) is 0 Å². The molecule has 1 saturated heterocycles. The van der Waals surface area contributed by atoms with Crippen LogP contribution < -0.4 is 9.44 Å². The molecular formula is C23H31N3O4S2. The van der Waals surface area contributed by atoms with Crippen molar-refractivity contribution in [1.29, 1.82) is 0 Å². The van der Waals surface area contributed by atoms with E-state index in [0.29, 0.717) is 0 Å². The van der Waals surface area contributed by atoms with Gasteiger partial charge in [0, 0.05) is 19.1 Å². The molecular weight excluding hydrogens is 446 g/mol. The van der Waals surface area contributed by atoms with E-state index in [1.807, 2.05) is 18.2 Å². The summed E-state index contributed by atoms with van der Waals surface area (Å²) >= 11 is 0. The summed E-state index contributed by atoms with van der Waals surface area (Å²) in [5.74, 6) is 0.788. The summed E-state index contributed by atoms with van der Waals surface area (Å²) in [6, 6.07) is 13.3. The van der Waals surface area contributed by atoms with E-state index in [-0.39, 0.29) is 22.4 Å². The van der Waals surface area contributed by atoms with Crippen molar-refractivity contribution in [2.24, 2.45) is 5.92 Å². The van der Waals surface area contributed by atoms with Crippen molar-refractivity contribution in [2.75, 3.05) is 13.1 Å². The van der Waals surface area contributed by atoms with Crippen molar-refractivity contribution in [1.82, 2.24) is 14.3 Å². The Hall–Kier alpha value is -1.78. The third kappa shape index (κ3) is 6.17. The zero-order chi connectivity index (χ0) is 22.8. The average Bonchev–Trinajstić information content (AvgIpc) is 3.58. The molecule has 7 nitrogen and oxygen atoms in total. The zero-order valence-electron chi connectivity index (χ0n) is 18.3. The molecule has 0 spiro atoms. The van der Waals surface area contributed by atoms with Crippen LogP contribution in [0, 0.1) is 5.92 Å². The number of piperidine rings is 1. The second-order valence-corrected chi connectivity index (χ2v) is 12.5. The standard InChI is InChI=1S/C23H31N3O4S2/c1-18-11-13-26(14-12-18)17-20-4-2-3-19(15-20)16-24-31(27,28)22-7-9-23(10-8-22)32(29,30)25-21-5-6-21/h2-4,7-10,15,18,21,24-25H,5-6,11-14,16-17H2,1H3. The molecule has 1 heterocycles. The van der Waals surface area contributed by atoms with Gasteiger partial charge >= 0.3 is 0 Å². The lowest BCUT2D eigenvalue weighted by Crippen LogP contribution is -2.32. The van der Waals surface area contributed by atoms with E-state index in [9.17, 15) is 16.8 Å². The second kappa shape index (κ2) is 9.61.